The molecule has 0 bridgehead atoms. The molecule has 9 nitrogen and oxygen atoms in total. The third kappa shape index (κ3) is 2.45. The largest absolute Gasteiger partial charge is 0.504 e. The number of phenolic OH excluding ortho intramolecular Hbond substituents is 3. The van der Waals surface area contributed by atoms with Gasteiger partial charge in [0.25, 0.3) is 0 Å². The fourth-order valence-corrected chi connectivity index (χ4v) is 1.32. The molecule has 1 aromatic rings. The van der Waals surface area contributed by atoms with Crippen molar-refractivity contribution in [2.75, 3.05) is 13.2 Å². The predicted molar refractivity (Wildman–Crippen MR) is 57.4 cm³/mol. The molecule has 6 N–H and O–H groups in total. The number of carbonyl (C=O) groups is 2. The molecule has 0 unspecified atom stereocenters. The number of aromatic carboxylic acids is 1. The van der Waals surface area contributed by atoms with Crippen molar-refractivity contribution < 1.29 is 45.0 Å². The van der Waals surface area contributed by atoms with Crippen molar-refractivity contribution in [2.24, 2.45) is 0 Å². The molecule has 0 fully saturated rings. The summed E-state index contributed by atoms with van der Waals surface area (Å²) in [5, 5.41) is 54.6. The van der Waals surface area contributed by atoms with Crippen LogP contribution in [0.3, 0.4) is 0 Å². The highest BCUT2D eigenvalue weighted by molar-refractivity contribution is 6.08. The summed E-state index contributed by atoms with van der Waals surface area (Å²) in [5.74, 6) is -8.32. The lowest BCUT2D eigenvalue weighted by Crippen LogP contribution is -2.14. The second-order valence-corrected chi connectivity index (χ2v) is 3.31. The Balaban J connectivity index is 3.52. The average molecular weight is 274 g/mol. The highest BCUT2D eigenvalue weighted by Crippen LogP contribution is 2.47. The SMILES string of the molecule is O=C(O)c1c(O)c(O)c(O)c(O)c1C(=O)OCCO. The fourth-order valence-electron chi connectivity index (χ4n) is 1.32. The molecule has 0 spiro atoms. The molecule has 1 rings (SSSR count). The first-order valence-corrected chi connectivity index (χ1v) is 4.84. The minimum atomic E-state index is -1.83. The Morgan fingerprint density at radius 3 is 1.79 bits per heavy atom. The summed E-state index contributed by atoms with van der Waals surface area (Å²) in [7, 11) is 0. The maximum Gasteiger partial charge on any atom is 0.343 e. The predicted octanol–water partition coefficient (Wildman–Crippen LogP) is -0.644. The van der Waals surface area contributed by atoms with E-state index in [1.165, 1.54) is 0 Å². The Kier molecular flexibility index (Phi) is 4.02. The van der Waals surface area contributed by atoms with Gasteiger partial charge in [-0.25, -0.2) is 9.59 Å². The molecule has 19 heavy (non-hydrogen) atoms. The van der Waals surface area contributed by atoms with Crippen LogP contribution in [0.15, 0.2) is 0 Å². The summed E-state index contributed by atoms with van der Waals surface area (Å²) in [6, 6.07) is 0. The van der Waals surface area contributed by atoms with Crippen molar-refractivity contribution in [2.45, 2.75) is 0 Å². The quantitative estimate of drug-likeness (QED) is 0.238. The third-order valence-electron chi connectivity index (χ3n) is 2.14. The van der Waals surface area contributed by atoms with Gasteiger partial charge in [0.15, 0.2) is 11.5 Å². The van der Waals surface area contributed by atoms with Gasteiger partial charge in [0.05, 0.1) is 6.61 Å². The lowest BCUT2D eigenvalue weighted by atomic mass is 10.0. The highest BCUT2D eigenvalue weighted by Gasteiger charge is 2.32. The zero-order valence-corrected chi connectivity index (χ0v) is 9.32. The molecule has 0 aromatic heterocycles. The van der Waals surface area contributed by atoms with E-state index in [4.69, 9.17) is 10.2 Å². The number of phenols is 4. The first-order chi connectivity index (χ1) is 8.82. The molecule has 0 amide bonds. The van der Waals surface area contributed by atoms with E-state index in [1.807, 2.05) is 0 Å². The average Bonchev–Trinajstić information content (AvgIpc) is 2.36. The number of aliphatic hydroxyl groups excluding tert-OH is 1. The number of carboxylic acids is 1. The molecule has 1 aromatic carbocycles. The molecule has 0 atom stereocenters. The molecule has 0 heterocycles. The van der Waals surface area contributed by atoms with E-state index in [9.17, 15) is 30.0 Å². The summed E-state index contributed by atoms with van der Waals surface area (Å²) in [5.41, 5.74) is -2.16. The highest BCUT2D eigenvalue weighted by atomic mass is 16.5. The fraction of sp³-hybridized carbons (Fsp3) is 0.200. The Bertz CT molecular complexity index is 535. The minimum Gasteiger partial charge on any atom is -0.504 e. The van der Waals surface area contributed by atoms with Gasteiger partial charge in [-0.3, -0.25) is 0 Å². The Morgan fingerprint density at radius 2 is 1.37 bits per heavy atom. The first kappa shape index (κ1) is 14.4. The number of carbonyl (C=O) groups excluding carboxylic acids is 1. The van der Waals surface area contributed by atoms with Gasteiger partial charge in [0, 0.05) is 0 Å². The Labute approximate surface area is 105 Å². The topological polar surface area (TPSA) is 165 Å². The first-order valence-electron chi connectivity index (χ1n) is 4.84. The molecule has 0 aliphatic heterocycles. The maximum atomic E-state index is 11.5. The smallest absolute Gasteiger partial charge is 0.343 e. The van der Waals surface area contributed by atoms with E-state index in [-0.39, 0.29) is 0 Å². The number of hydrogen-bond donors (Lipinski definition) is 6. The van der Waals surface area contributed by atoms with Gasteiger partial charge < -0.3 is 35.4 Å². The van der Waals surface area contributed by atoms with Gasteiger partial charge in [-0.15, -0.1) is 0 Å². The van der Waals surface area contributed by atoms with E-state index in [1.54, 1.807) is 0 Å². The second-order valence-electron chi connectivity index (χ2n) is 3.31. The Hall–Kier alpha value is -2.68. The van der Waals surface area contributed by atoms with Crippen LogP contribution in [-0.2, 0) is 4.74 Å². The molecule has 9 heteroatoms. The molecule has 0 aliphatic rings. The molecule has 0 saturated heterocycles. The number of aliphatic hydroxyl groups is 1. The van der Waals surface area contributed by atoms with E-state index < -0.39 is 59.3 Å². The zero-order chi connectivity index (χ0) is 14.7. The molecular weight excluding hydrogens is 264 g/mol. The maximum absolute atomic E-state index is 11.5. The number of ether oxygens (including phenoxy) is 1. The van der Waals surface area contributed by atoms with Gasteiger partial charge in [-0.2, -0.15) is 0 Å². The van der Waals surface area contributed by atoms with E-state index in [2.05, 4.69) is 4.74 Å². The number of rotatable bonds is 4. The van der Waals surface area contributed by atoms with E-state index >= 15 is 0 Å². The van der Waals surface area contributed by atoms with Crippen molar-refractivity contribution in [3.63, 3.8) is 0 Å². The van der Waals surface area contributed by atoms with Crippen LogP contribution >= 0.6 is 0 Å². The van der Waals surface area contributed by atoms with Crippen LogP contribution in [0.25, 0.3) is 0 Å². The van der Waals surface area contributed by atoms with Crippen LogP contribution in [0.4, 0.5) is 0 Å². The van der Waals surface area contributed by atoms with Crippen molar-refractivity contribution >= 4 is 11.9 Å². The van der Waals surface area contributed by atoms with Crippen LogP contribution in [0.5, 0.6) is 23.0 Å². The van der Waals surface area contributed by atoms with Crippen LogP contribution in [0, 0.1) is 0 Å². The summed E-state index contributed by atoms with van der Waals surface area (Å²) < 4.78 is 4.38. The molecular formula is C10H10O9. The number of carboxylic acid groups (broad SMARTS) is 1. The van der Waals surface area contributed by atoms with Gasteiger partial charge in [0.1, 0.15) is 17.7 Å². The van der Waals surface area contributed by atoms with E-state index in [0.29, 0.717) is 0 Å². The number of hydrogen-bond acceptors (Lipinski definition) is 8. The minimum absolute atomic E-state index is 0.486. The summed E-state index contributed by atoms with van der Waals surface area (Å²) in [6.07, 6.45) is 0. The summed E-state index contributed by atoms with van der Waals surface area (Å²) in [4.78, 5) is 22.4. The Morgan fingerprint density at radius 1 is 0.895 bits per heavy atom. The lowest BCUT2D eigenvalue weighted by Gasteiger charge is -2.12. The lowest BCUT2D eigenvalue weighted by molar-refractivity contribution is 0.0421. The zero-order valence-electron chi connectivity index (χ0n) is 9.32. The number of benzene rings is 1. The number of aromatic hydroxyl groups is 4. The van der Waals surface area contributed by atoms with Crippen LogP contribution in [0.2, 0.25) is 0 Å². The van der Waals surface area contributed by atoms with Crippen LogP contribution in [-0.4, -0.2) is 55.8 Å². The standard InChI is InChI=1S/C10H10O9/c11-1-2-19-10(18)4-3(9(16)17)5(12)7(14)8(15)6(4)13/h11-15H,1-2H2,(H,16,17). The van der Waals surface area contributed by atoms with Crippen molar-refractivity contribution in [1.82, 2.24) is 0 Å². The summed E-state index contributed by atoms with van der Waals surface area (Å²) in [6.45, 7) is -1.04. The molecule has 0 saturated carbocycles. The van der Waals surface area contributed by atoms with Crippen molar-refractivity contribution in [3.05, 3.63) is 11.1 Å². The van der Waals surface area contributed by atoms with Crippen LogP contribution < -0.4 is 0 Å². The monoisotopic (exact) mass is 274 g/mol. The molecule has 0 aliphatic carbocycles. The second kappa shape index (κ2) is 5.31. The van der Waals surface area contributed by atoms with Crippen molar-refractivity contribution in [3.8, 4) is 23.0 Å². The number of esters is 1. The molecule has 104 valence electrons. The van der Waals surface area contributed by atoms with Crippen LogP contribution in [0.1, 0.15) is 20.7 Å². The normalized spacial score (nSPS) is 10.2. The third-order valence-corrected chi connectivity index (χ3v) is 2.14. The van der Waals surface area contributed by atoms with Gasteiger partial charge in [-0.05, 0) is 0 Å². The van der Waals surface area contributed by atoms with Crippen molar-refractivity contribution in [1.29, 1.82) is 0 Å². The van der Waals surface area contributed by atoms with Gasteiger partial charge in [0.2, 0.25) is 11.5 Å². The molecule has 0 radical (unpaired) electrons. The summed E-state index contributed by atoms with van der Waals surface area (Å²) >= 11 is 0. The van der Waals surface area contributed by atoms with E-state index in [0.717, 1.165) is 0 Å². The van der Waals surface area contributed by atoms with Gasteiger partial charge in [-0.1, -0.05) is 0 Å². The van der Waals surface area contributed by atoms with Gasteiger partial charge >= 0.3 is 11.9 Å².